The third-order valence-electron chi connectivity index (χ3n) is 4.39. The Morgan fingerprint density at radius 2 is 1.46 bits per heavy atom. The Labute approximate surface area is 143 Å². The van der Waals surface area contributed by atoms with Gasteiger partial charge in [-0.1, -0.05) is 66.6 Å². The summed E-state index contributed by atoms with van der Waals surface area (Å²) in [5, 5.41) is 10.2. The molecule has 0 aliphatic heterocycles. The van der Waals surface area contributed by atoms with Crippen LogP contribution >= 0.6 is 0 Å². The molecule has 1 N–H and O–H groups in total. The van der Waals surface area contributed by atoms with E-state index in [9.17, 15) is 5.11 Å². The van der Waals surface area contributed by atoms with Crippen LogP contribution in [0.15, 0.2) is 60.7 Å². The lowest BCUT2D eigenvalue weighted by Crippen LogP contribution is -2.31. The van der Waals surface area contributed by atoms with E-state index >= 15 is 0 Å². The van der Waals surface area contributed by atoms with Gasteiger partial charge < -0.3 is 14.6 Å². The summed E-state index contributed by atoms with van der Waals surface area (Å²) < 4.78 is 12.0. The fraction of sp³-hybridized carbons (Fsp3) is 0.333. The topological polar surface area (TPSA) is 38.7 Å². The van der Waals surface area contributed by atoms with Gasteiger partial charge >= 0.3 is 0 Å². The van der Waals surface area contributed by atoms with Crippen LogP contribution in [0.25, 0.3) is 0 Å². The molecule has 0 unspecified atom stereocenters. The average molecular weight is 322 g/mol. The molecule has 3 rings (SSSR count). The maximum atomic E-state index is 10.2. The normalized spacial score (nSPS) is 26.2. The van der Waals surface area contributed by atoms with Gasteiger partial charge in [-0.05, 0) is 11.1 Å². The highest BCUT2D eigenvalue weighted by Crippen LogP contribution is 2.32. The summed E-state index contributed by atoms with van der Waals surface area (Å²) in [5.41, 5.74) is 2.18. The molecule has 24 heavy (non-hydrogen) atoms. The average Bonchev–Trinajstić information content (AvgIpc) is 2.94. The Hall–Kier alpha value is -2.12. The van der Waals surface area contributed by atoms with Crippen molar-refractivity contribution in [1.82, 2.24) is 0 Å². The molecule has 0 heterocycles. The second-order valence-corrected chi connectivity index (χ2v) is 6.09. The van der Waals surface area contributed by atoms with Gasteiger partial charge in [-0.15, -0.1) is 6.42 Å². The molecule has 3 nitrogen and oxygen atoms in total. The van der Waals surface area contributed by atoms with Gasteiger partial charge in [-0.2, -0.15) is 0 Å². The SMILES string of the molecule is C#C[C@@H]1[C@H](OCc2ccccc2)[C@H](OCc2ccccc2)C[C@H]1O. The molecular formula is C21H22O3. The first kappa shape index (κ1) is 16.7. The number of hydrogen-bond donors (Lipinski definition) is 1. The van der Waals surface area contributed by atoms with Gasteiger partial charge in [-0.3, -0.25) is 0 Å². The summed E-state index contributed by atoms with van der Waals surface area (Å²) in [7, 11) is 0. The molecule has 0 radical (unpaired) electrons. The Kier molecular flexibility index (Phi) is 5.66. The van der Waals surface area contributed by atoms with Crippen molar-refractivity contribution < 1.29 is 14.6 Å². The molecule has 1 fully saturated rings. The first-order chi connectivity index (χ1) is 11.8. The predicted octanol–water partition coefficient (Wildman–Crippen LogP) is 3.17. The van der Waals surface area contributed by atoms with Crippen molar-refractivity contribution in [3.05, 3.63) is 71.8 Å². The molecule has 4 atom stereocenters. The fourth-order valence-corrected chi connectivity index (χ4v) is 3.09. The van der Waals surface area contributed by atoms with Gasteiger partial charge in [0.15, 0.2) is 0 Å². The smallest absolute Gasteiger partial charge is 0.100 e. The molecule has 2 aromatic carbocycles. The summed E-state index contributed by atoms with van der Waals surface area (Å²) in [5.74, 6) is 2.33. The van der Waals surface area contributed by atoms with Crippen molar-refractivity contribution in [2.45, 2.75) is 37.9 Å². The van der Waals surface area contributed by atoms with E-state index in [-0.39, 0.29) is 18.1 Å². The van der Waals surface area contributed by atoms with Crippen LogP contribution in [0, 0.1) is 18.3 Å². The van der Waals surface area contributed by atoms with E-state index in [1.54, 1.807) is 0 Å². The van der Waals surface area contributed by atoms with E-state index in [0.29, 0.717) is 19.6 Å². The minimum Gasteiger partial charge on any atom is -0.392 e. The van der Waals surface area contributed by atoms with Crippen molar-refractivity contribution in [3.63, 3.8) is 0 Å². The monoisotopic (exact) mass is 322 g/mol. The highest BCUT2D eigenvalue weighted by Gasteiger charge is 2.43. The molecule has 0 aromatic heterocycles. The molecule has 1 aliphatic rings. The Morgan fingerprint density at radius 3 is 2.00 bits per heavy atom. The van der Waals surface area contributed by atoms with Gasteiger partial charge in [0.25, 0.3) is 0 Å². The number of hydrogen-bond acceptors (Lipinski definition) is 3. The minimum atomic E-state index is -0.587. The van der Waals surface area contributed by atoms with Crippen LogP contribution in [0.2, 0.25) is 0 Å². The summed E-state index contributed by atoms with van der Waals surface area (Å²) in [6.07, 6.45) is 5.02. The lowest BCUT2D eigenvalue weighted by atomic mass is 10.0. The predicted molar refractivity (Wildman–Crippen MR) is 93.0 cm³/mol. The molecule has 0 spiro atoms. The quantitative estimate of drug-likeness (QED) is 0.830. The van der Waals surface area contributed by atoms with Crippen LogP contribution in [0.1, 0.15) is 17.5 Å². The van der Waals surface area contributed by atoms with Gasteiger partial charge in [0.2, 0.25) is 0 Å². The third kappa shape index (κ3) is 4.04. The molecule has 0 amide bonds. The van der Waals surface area contributed by atoms with Crippen LogP contribution in [0.3, 0.4) is 0 Å². The van der Waals surface area contributed by atoms with Crippen molar-refractivity contribution >= 4 is 0 Å². The van der Waals surface area contributed by atoms with Crippen LogP contribution in [-0.4, -0.2) is 23.4 Å². The molecule has 2 aromatic rings. The maximum Gasteiger partial charge on any atom is 0.100 e. The minimum absolute atomic E-state index is 0.204. The van der Waals surface area contributed by atoms with Gasteiger partial charge in [-0.25, -0.2) is 0 Å². The van der Waals surface area contributed by atoms with Crippen molar-refractivity contribution in [1.29, 1.82) is 0 Å². The summed E-state index contributed by atoms with van der Waals surface area (Å²) in [4.78, 5) is 0. The van der Waals surface area contributed by atoms with Crippen molar-refractivity contribution in [2.75, 3.05) is 0 Å². The number of terminal acetylenes is 1. The molecule has 0 bridgehead atoms. The van der Waals surface area contributed by atoms with Crippen LogP contribution in [-0.2, 0) is 22.7 Å². The highest BCUT2D eigenvalue weighted by molar-refractivity contribution is 5.15. The number of ether oxygens (including phenoxy) is 2. The second-order valence-electron chi connectivity index (χ2n) is 6.09. The van der Waals surface area contributed by atoms with Crippen LogP contribution < -0.4 is 0 Å². The largest absolute Gasteiger partial charge is 0.392 e. The second kappa shape index (κ2) is 8.12. The summed E-state index contributed by atoms with van der Waals surface area (Å²) >= 11 is 0. The van der Waals surface area contributed by atoms with Gasteiger partial charge in [0, 0.05) is 6.42 Å². The summed E-state index contributed by atoms with van der Waals surface area (Å²) in [6.45, 7) is 0.947. The maximum absolute atomic E-state index is 10.2. The zero-order valence-corrected chi connectivity index (χ0v) is 13.5. The Balaban J connectivity index is 1.63. The summed E-state index contributed by atoms with van der Waals surface area (Å²) in [6, 6.07) is 19.9. The van der Waals surface area contributed by atoms with Crippen LogP contribution in [0.4, 0.5) is 0 Å². The van der Waals surface area contributed by atoms with Crippen LogP contribution in [0.5, 0.6) is 0 Å². The lowest BCUT2D eigenvalue weighted by Gasteiger charge is -2.23. The number of benzene rings is 2. The molecule has 1 aliphatic carbocycles. The number of aliphatic hydroxyl groups is 1. The molecule has 124 valence electrons. The first-order valence-corrected chi connectivity index (χ1v) is 8.23. The highest BCUT2D eigenvalue weighted by atomic mass is 16.5. The van der Waals surface area contributed by atoms with E-state index < -0.39 is 6.10 Å². The zero-order chi connectivity index (χ0) is 16.8. The van der Waals surface area contributed by atoms with Gasteiger partial charge in [0.1, 0.15) is 6.10 Å². The van der Waals surface area contributed by atoms with E-state index in [1.165, 1.54) is 0 Å². The van der Waals surface area contributed by atoms with Gasteiger partial charge in [0.05, 0.1) is 31.3 Å². The molecular weight excluding hydrogens is 300 g/mol. The Morgan fingerprint density at radius 1 is 0.917 bits per heavy atom. The van der Waals surface area contributed by atoms with Crippen molar-refractivity contribution in [3.8, 4) is 12.3 Å². The first-order valence-electron chi connectivity index (χ1n) is 8.23. The fourth-order valence-electron chi connectivity index (χ4n) is 3.09. The van der Waals surface area contributed by atoms with E-state index in [4.69, 9.17) is 15.9 Å². The number of rotatable bonds is 6. The lowest BCUT2D eigenvalue weighted by molar-refractivity contribution is -0.0776. The molecule has 3 heteroatoms. The van der Waals surface area contributed by atoms with E-state index in [2.05, 4.69) is 5.92 Å². The Bertz CT molecular complexity index is 662. The third-order valence-corrected chi connectivity index (χ3v) is 4.39. The van der Waals surface area contributed by atoms with E-state index in [0.717, 1.165) is 11.1 Å². The standard InChI is InChI=1S/C21H22O3/c1-2-18-19(22)13-20(23-14-16-9-5-3-6-10-16)21(18)24-15-17-11-7-4-8-12-17/h1,3-12,18-22H,13-15H2/t18-,19+,20+,21-/m0/s1. The van der Waals surface area contributed by atoms with E-state index in [1.807, 2.05) is 60.7 Å². The number of aliphatic hydroxyl groups excluding tert-OH is 1. The molecule has 1 saturated carbocycles. The zero-order valence-electron chi connectivity index (χ0n) is 13.5. The van der Waals surface area contributed by atoms with Crippen molar-refractivity contribution in [2.24, 2.45) is 5.92 Å². The molecule has 0 saturated heterocycles.